The van der Waals surface area contributed by atoms with Gasteiger partial charge in [0.1, 0.15) is 9.21 Å². The fraction of sp³-hybridized carbons (Fsp3) is 0.556. The van der Waals surface area contributed by atoms with Gasteiger partial charge in [0.15, 0.2) is 0 Å². The fourth-order valence-corrected chi connectivity index (χ4v) is 3.44. The molecule has 0 bridgehead atoms. The molecule has 4 heteroatoms. The van der Waals surface area contributed by atoms with Crippen molar-refractivity contribution in [3.63, 3.8) is 0 Å². The van der Waals surface area contributed by atoms with Crippen molar-refractivity contribution in [1.82, 2.24) is 0 Å². The van der Waals surface area contributed by atoms with Crippen LogP contribution in [-0.2, 0) is 3.61 Å². The average Bonchev–Trinajstić information content (AvgIpc) is 2.71. The van der Waals surface area contributed by atoms with E-state index in [4.69, 9.17) is 5.73 Å². The Hall–Kier alpha value is -0.610. The summed E-state index contributed by atoms with van der Waals surface area (Å²) in [5.41, 5.74) is 6.32. The lowest BCUT2D eigenvalue weighted by atomic mass is 9.94. The molecule has 2 rings (SSSR count). The number of aliphatic hydroxyl groups is 2. The van der Waals surface area contributed by atoms with Gasteiger partial charge in [0, 0.05) is 12.0 Å². The first kappa shape index (κ1) is 17.7. The van der Waals surface area contributed by atoms with Crippen molar-refractivity contribution < 1.29 is 10.2 Å². The van der Waals surface area contributed by atoms with Gasteiger partial charge in [0.25, 0.3) is 0 Å². The number of benzene rings is 1. The number of rotatable bonds is 3. The van der Waals surface area contributed by atoms with E-state index in [9.17, 15) is 10.2 Å². The van der Waals surface area contributed by atoms with Crippen molar-refractivity contribution in [1.29, 1.82) is 0 Å². The lowest BCUT2D eigenvalue weighted by Gasteiger charge is -2.21. The molecule has 1 aromatic rings. The molecule has 0 saturated heterocycles. The highest BCUT2D eigenvalue weighted by Crippen LogP contribution is 2.32. The fourth-order valence-electron chi connectivity index (χ4n) is 2.80. The molecule has 0 heterocycles. The van der Waals surface area contributed by atoms with Gasteiger partial charge in [-0.2, -0.15) is 0 Å². The van der Waals surface area contributed by atoms with Crippen LogP contribution in [0.2, 0.25) is 0 Å². The van der Waals surface area contributed by atoms with E-state index in [0.717, 1.165) is 36.8 Å². The van der Waals surface area contributed by atoms with E-state index in [1.54, 1.807) is 0 Å². The molecular weight excluding hydrogens is 389 g/mol. The Morgan fingerprint density at radius 2 is 1.91 bits per heavy atom. The first-order chi connectivity index (χ1) is 10.5. The van der Waals surface area contributed by atoms with Crippen LogP contribution >= 0.6 is 22.6 Å². The first-order valence-corrected chi connectivity index (χ1v) is 9.01. The molecule has 1 aromatic carbocycles. The van der Waals surface area contributed by atoms with Gasteiger partial charge in [-0.3, -0.25) is 0 Å². The summed E-state index contributed by atoms with van der Waals surface area (Å²) in [4.78, 5) is 0. The number of halogens is 1. The van der Waals surface area contributed by atoms with Gasteiger partial charge < -0.3 is 15.9 Å². The smallest absolute Gasteiger partial charge is 0.142 e. The zero-order valence-corrected chi connectivity index (χ0v) is 15.0. The molecule has 1 atom stereocenters. The monoisotopic (exact) mass is 413 g/mol. The van der Waals surface area contributed by atoms with Crippen LogP contribution in [-0.4, -0.2) is 22.4 Å². The third-order valence-electron chi connectivity index (χ3n) is 4.15. The van der Waals surface area contributed by atoms with Crippen LogP contribution in [0.15, 0.2) is 24.3 Å². The summed E-state index contributed by atoms with van der Waals surface area (Å²) in [6.07, 6.45) is 6.44. The molecule has 1 aliphatic carbocycles. The summed E-state index contributed by atoms with van der Waals surface area (Å²) in [7, 11) is 0. The minimum Gasteiger partial charge on any atom is -0.378 e. The molecular formula is C18H24INO2. The largest absolute Gasteiger partial charge is 0.378 e. The highest BCUT2D eigenvalue weighted by atomic mass is 127. The van der Waals surface area contributed by atoms with Gasteiger partial charge in [-0.25, -0.2) is 0 Å². The molecule has 1 aliphatic rings. The summed E-state index contributed by atoms with van der Waals surface area (Å²) < 4.78 is -0.969. The quantitative estimate of drug-likeness (QED) is 0.309. The van der Waals surface area contributed by atoms with Gasteiger partial charge in [-0.1, -0.05) is 36.8 Å². The molecule has 4 N–H and O–H groups in total. The molecule has 1 fully saturated rings. The Morgan fingerprint density at radius 1 is 1.23 bits per heavy atom. The van der Waals surface area contributed by atoms with Crippen molar-refractivity contribution >= 4 is 22.6 Å². The zero-order chi connectivity index (χ0) is 16.1. The van der Waals surface area contributed by atoms with Gasteiger partial charge in [0.2, 0.25) is 0 Å². The second kappa shape index (κ2) is 7.78. The number of hydrogen-bond donors (Lipinski definition) is 3. The molecule has 3 nitrogen and oxygen atoms in total. The number of hydrogen-bond acceptors (Lipinski definition) is 3. The van der Waals surface area contributed by atoms with E-state index in [0.29, 0.717) is 13.0 Å². The van der Waals surface area contributed by atoms with Crippen LogP contribution in [0.25, 0.3) is 0 Å². The molecule has 0 aliphatic heterocycles. The summed E-state index contributed by atoms with van der Waals surface area (Å²) in [5, 5.41) is 21.0. The third-order valence-corrected chi connectivity index (χ3v) is 5.31. The zero-order valence-electron chi connectivity index (χ0n) is 12.8. The van der Waals surface area contributed by atoms with E-state index < -0.39 is 9.21 Å². The SMILES string of the molecule is NCCC(O)(I)c1cccc(C#CC2(O)CCCCCC2)c1. The summed E-state index contributed by atoms with van der Waals surface area (Å²) in [5.74, 6) is 6.15. The van der Waals surface area contributed by atoms with Crippen LogP contribution in [0, 0.1) is 11.8 Å². The highest BCUT2D eigenvalue weighted by Gasteiger charge is 2.26. The van der Waals surface area contributed by atoms with Gasteiger partial charge in [-0.15, -0.1) is 0 Å². The Labute approximate surface area is 146 Å². The average molecular weight is 413 g/mol. The van der Waals surface area contributed by atoms with Gasteiger partial charge in [0.05, 0.1) is 0 Å². The normalized spacial score (nSPS) is 20.4. The number of nitrogens with two attached hydrogens (primary N) is 1. The maximum absolute atomic E-state index is 10.6. The van der Waals surface area contributed by atoms with E-state index in [2.05, 4.69) is 11.8 Å². The lowest BCUT2D eigenvalue weighted by molar-refractivity contribution is 0.0849. The standard InChI is InChI=1S/C18H24INO2/c19-18(22,12-13-20)16-7-5-6-15(14-16)8-11-17(21)9-3-1-2-4-10-17/h5-7,14,21-22H,1-4,9-10,12-13,20H2. The van der Waals surface area contributed by atoms with E-state index in [1.807, 2.05) is 46.9 Å². The summed E-state index contributed by atoms with van der Waals surface area (Å²) in [6.45, 7) is 0.426. The second-order valence-electron chi connectivity index (χ2n) is 6.07. The van der Waals surface area contributed by atoms with Crippen molar-refractivity contribution in [3.8, 4) is 11.8 Å². The minimum absolute atomic E-state index is 0.426. The van der Waals surface area contributed by atoms with Gasteiger partial charge in [-0.05, 0) is 72.5 Å². The van der Waals surface area contributed by atoms with Crippen molar-refractivity contribution in [2.45, 2.75) is 54.2 Å². The summed E-state index contributed by atoms with van der Waals surface area (Å²) in [6, 6.07) is 7.56. The molecule has 22 heavy (non-hydrogen) atoms. The third kappa shape index (κ3) is 4.95. The molecule has 1 unspecified atom stereocenters. The molecule has 0 radical (unpaired) electrons. The second-order valence-corrected chi connectivity index (χ2v) is 7.86. The molecule has 0 spiro atoms. The Kier molecular flexibility index (Phi) is 6.27. The van der Waals surface area contributed by atoms with Crippen LogP contribution in [0.5, 0.6) is 0 Å². The Balaban J connectivity index is 2.19. The molecule has 0 aromatic heterocycles. The molecule has 1 saturated carbocycles. The highest BCUT2D eigenvalue weighted by molar-refractivity contribution is 14.1. The van der Waals surface area contributed by atoms with Crippen molar-refractivity contribution in [3.05, 3.63) is 35.4 Å². The number of alkyl halides is 1. The lowest BCUT2D eigenvalue weighted by Crippen LogP contribution is -2.25. The predicted octanol–water partition coefficient (Wildman–Crippen LogP) is 3.05. The van der Waals surface area contributed by atoms with Crippen LogP contribution in [0.3, 0.4) is 0 Å². The topological polar surface area (TPSA) is 66.5 Å². The van der Waals surface area contributed by atoms with E-state index in [1.165, 1.54) is 12.8 Å². The van der Waals surface area contributed by atoms with Crippen LogP contribution in [0.1, 0.15) is 56.1 Å². The molecule has 120 valence electrons. The van der Waals surface area contributed by atoms with Crippen molar-refractivity contribution in [2.75, 3.05) is 6.54 Å². The van der Waals surface area contributed by atoms with Crippen LogP contribution < -0.4 is 5.73 Å². The van der Waals surface area contributed by atoms with Gasteiger partial charge >= 0.3 is 0 Å². The van der Waals surface area contributed by atoms with Crippen LogP contribution in [0.4, 0.5) is 0 Å². The molecule has 0 amide bonds. The Morgan fingerprint density at radius 3 is 2.55 bits per heavy atom. The summed E-state index contributed by atoms with van der Waals surface area (Å²) >= 11 is 2.02. The van der Waals surface area contributed by atoms with E-state index >= 15 is 0 Å². The maximum Gasteiger partial charge on any atom is 0.142 e. The predicted molar refractivity (Wildman–Crippen MR) is 97.6 cm³/mol. The van der Waals surface area contributed by atoms with E-state index in [-0.39, 0.29) is 0 Å². The maximum atomic E-state index is 10.6. The van der Waals surface area contributed by atoms with Crippen molar-refractivity contribution in [2.24, 2.45) is 5.73 Å². The first-order valence-electron chi connectivity index (χ1n) is 7.93. The Bertz CT molecular complexity index is 552. The minimum atomic E-state index is -0.969.